The quantitative estimate of drug-likeness (QED) is 0.785. The zero-order valence-corrected chi connectivity index (χ0v) is 10.8. The Kier molecular flexibility index (Phi) is 4.53. The standard InChI is InChI=1S/C12H22N2OS/c1-2-16-11-7-3-5-9(11)14-12(15)10-6-4-8-13-10/h9-11,13H,2-8H2,1H3,(H,14,15). The first kappa shape index (κ1) is 12.2. The van der Waals surface area contributed by atoms with Gasteiger partial charge in [0.2, 0.25) is 5.91 Å². The van der Waals surface area contributed by atoms with Crippen LogP contribution in [0.2, 0.25) is 0 Å². The van der Waals surface area contributed by atoms with Crippen molar-refractivity contribution in [2.45, 2.75) is 56.4 Å². The highest BCUT2D eigenvalue weighted by Crippen LogP contribution is 2.30. The minimum Gasteiger partial charge on any atom is -0.351 e. The van der Waals surface area contributed by atoms with Crippen molar-refractivity contribution in [2.24, 2.45) is 0 Å². The van der Waals surface area contributed by atoms with E-state index in [0.717, 1.165) is 31.6 Å². The highest BCUT2D eigenvalue weighted by molar-refractivity contribution is 7.99. The molecule has 1 heterocycles. The minimum absolute atomic E-state index is 0.0767. The number of hydrogen-bond acceptors (Lipinski definition) is 3. The lowest BCUT2D eigenvalue weighted by Crippen LogP contribution is -2.47. The molecule has 0 radical (unpaired) electrons. The second-order valence-electron chi connectivity index (χ2n) is 4.69. The molecule has 3 nitrogen and oxygen atoms in total. The van der Waals surface area contributed by atoms with Crippen molar-refractivity contribution in [2.75, 3.05) is 12.3 Å². The lowest BCUT2D eigenvalue weighted by atomic mass is 10.2. The van der Waals surface area contributed by atoms with Crippen molar-refractivity contribution in [1.29, 1.82) is 0 Å². The van der Waals surface area contributed by atoms with Gasteiger partial charge in [-0.15, -0.1) is 0 Å². The lowest BCUT2D eigenvalue weighted by Gasteiger charge is -2.22. The Morgan fingerprint density at radius 3 is 2.94 bits per heavy atom. The van der Waals surface area contributed by atoms with Gasteiger partial charge in [-0.2, -0.15) is 11.8 Å². The van der Waals surface area contributed by atoms with Gasteiger partial charge in [0.25, 0.3) is 0 Å². The smallest absolute Gasteiger partial charge is 0.237 e. The van der Waals surface area contributed by atoms with Gasteiger partial charge in [0.15, 0.2) is 0 Å². The van der Waals surface area contributed by atoms with Gasteiger partial charge in [-0.25, -0.2) is 0 Å². The molecular formula is C12H22N2OS. The highest BCUT2D eigenvalue weighted by Gasteiger charge is 2.31. The molecule has 3 unspecified atom stereocenters. The van der Waals surface area contributed by atoms with Crippen LogP contribution < -0.4 is 10.6 Å². The molecule has 1 aliphatic carbocycles. The third-order valence-electron chi connectivity index (χ3n) is 3.54. The number of amides is 1. The largest absolute Gasteiger partial charge is 0.351 e. The summed E-state index contributed by atoms with van der Waals surface area (Å²) in [5.41, 5.74) is 0. The predicted molar refractivity (Wildman–Crippen MR) is 68.7 cm³/mol. The van der Waals surface area contributed by atoms with Crippen molar-refractivity contribution >= 4 is 17.7 Å². The summed E-state index contributed by atoms with van der Waals surface area (Å²) in [6.45, 7) is 3.19. The zero-order chi connectivity index (χ0) is 11.4. The van der Waals surface area contributed by atoms with Crippen LogP contribution in [0.5, 0.6) is 0 Å². The lowest BCUT2D eigenvalue weighted by molar-refractivity contribution is -0.123. The van der Waals surface area contributed by atoms with Crippen LogP contribution in [0.4, 0.5) is 0 Å². The van der Waals surface area contributed by atoms with Crippen LogP contribution in [0.3, 0.4) is 0 Å². The summed E-state index contributed by atoms with van der Waals surface area (Å²) in [7, 11) is 0. The first-order valence-electron chi connectivity index (χ1n) is 6.46. The molecule has 2 fully saturated rings. The third kappa shape index (κ3) is 2.92. The van der Waals surface area contributed by atoms with Crippen LogP contribution in [-0.2, 0) is 4.79 Å². The van der Waals surface area contributed by atoms with E-state index in [4.69, 9.17) is 0 Å². The monoisotopic (exact) mass is 242 g/mol. The summed E-state index contributed by atoms with van der Waals surface area (Å²) in [6, 6.07) is 0.493. The maximum Gasteiger partial charge on any atom is 0.237 e. The molecule has 1 aliphatic heterocycles. The van der Waals surface area contributed by atoms with Crippen molar-refractivity contribution < 1.29 is 4.79 Å². The van der Waals surface area contributed by atoms with E-state index >= 15 is 0 Å². The fourth-order valence-electron chi connectivity index (χ4n) is 2.70. The Hall–Kier alpha value is -0.220. The molecule has 1 saturated carbocycles. The highest BCUT2D eigenvalue weighted by atomic mass is 32.2. The van der Waals surface area contributed by atoms with Crippen LogP contribution >= 0.6 is 11.8 Å². The van der Waals surface area contributed by atoms with Gasteiger partial charge in [-0.1, -0.05) is 13.3 Å². The molecule has 2 rings (SSSR count). The Labute approximate surface area is 102 Å². The van der Waals surface area contributed by atoms with Gasteiger partial charge in [0, 0.05) is 11.3 Å². The van der Waals surface area contributed by atoms with E-state index in [1.54, 1.807) is 0 Å². The predicted octanol–water partition coefficient (Wildman–Crippen LogP) is 1.53. The molecule has 0 aromatic heterocycles. The average molecular weight is 242 g/mol. The van der Waals surface area contributed by atoms with E-state index in [1.807, 2.05) is 11.8 Å². The van der Waals surface area contributed by atoms with Gasteiger partial charge in [0.05, 0.1) is 6.04 Å². The summed E-state index contributed by atoms with van der Waals surface area (Å²) < 4.78 is 0. The first-order chi connectivity index (χ1) is 7.81. The summed E-state index contributed by atoms with van der Waals surface area (Å²) in [5.74, 6) is 1.38. The molecule has 2 N–H and O–H groups in total. The minimum atomic E-state index is 0.0767. The molecule has 0 spiro atoms. The van der Waals surface area contributed by atoms with Crippen molar-refractivity contribution in [3.8, 4) is 0 Å². The SMILES string of the molecule is CCSC1CCCC1NC(=O)C1CCCN1. The van der Waals surface area contributed by atoms with E-state index in [9.17, 15) is 4.79 Å². The van der Waals surface area contributed by atoms with Gasteiger partial charge in [-0.05, 0) is 38.0 Å². The fraction of sp³-hybridized carbons (Fsp3) is 0.917. The van der Waals surface area contributed by atoms with Crippen molar-refractivity contribution in [3.05, 3.63) is 0 Å². The number of rotatable bonds is 4. The molecule has 1 amide bonds. The van der Waals surface area contributed by atoms with E-state index in [-0.39, 0.29) is 11.9 Å². The van der Waals surface area contributed by atoms with Gasteiger partial charge in [-0.3, -0.25) is 4.79 Å². The summed E-state index contributed by atoms with van der Waals surface area (Å²) >= 11 is 2.00. The summed E-state index contributed by atoms with van der Waals surface area (Å²) in [5, 5.41) is 7.14. The molecule has 2 aliphatic rings. The molecule has 16 heavy (non-hydrogen) atoms. The Bertz CT molecular complexity index is 241. The van der Waals surface area contributed by atoms with Crippen LogP contribution in [0.25, 0.3) is 0 Å². The maximum absolute atomic E-state index is 12.0. The Balaban J connectivity index is 1.81. The summed E-state index contributed by atoms with van der Waals surface area (Å²) in [4.78, 5) is 12.0. The number of carbonyl (C=O) groups is 1. The van der Waals surface area contributed by atoms with Crippen molar-refractivity contribution in [1.82, 2.24) is 10.6 Å². The molecular weight excluding hydrogens is 220 g/mol. The van der Waals surface area contributed by atoms with E-state index < -0.39 is 0 Å². The Morgan fingerprint density at radius 2 is 2.25 bits per heavy atom. The van der Waals surface area contributed by atoms with E-state index in [0.29, 0.717) is 11.3 Å². The molecule has 0 aromatic rings. The molecule has 0 bridgehead atoms. The van der Waals surface area contributed by atoms with E-state index in [2.05, 4.69) is 17.6 Å². The molecule has 4 heteroatoms. The first-order valence-corrected chi connectivity index (χ1v) is 7.51. The van der Waals surface area contributed by atoms with Crippen LogP contribution in [0, 0.1) is 0 Å². The van der Waals surface area contributed by atoms with Gasteiger partial charge in [0.1, 0.15) is 0 Å². The maximum atomic E-state index is 12.0. The fourth-order valence-corrected chi connectivity index (χ4v) is 3.89. The molecule has 92 valence electrons. The molecule has 0 aromatic carbocycles. The summed E-state index contributed by atoms with van der Waals surface area (Å²) in [6.07, 6.45) is 5.83. The average Bonchev–Trinajstić information content (AvgIpc) is 2.90. The molecule has 1 saturated heterocycles. The van der Waals surface area contributed by atoms with Crippen LogP contribution in [0.1, 0.15) is 39.0 Å². The molecule has 3 atom stereocenters. The van der Waals surface area contributed by atoms with Crippen LogP contribution in [-0.4, -0.2) is 35.5 Å². The number of hydrogen-bond donors (Lipinski definition) is 2. The zero-order valence-electron chi connectivity index (χ0n) is 10.00. The number of nitrogens with one attached hydrogen (secondary N) is 2. The third-order valence-corrected chi connectivity index (χ3v) is 4.86. The number of thioether (sulfide) groups is 1. The Morgan fingerprint density at radius 1 is 1.38 bits per heavy atom. The number of carbonyl (C=O) groups excluding carboxylic acids is 1. The second kappa shape index (κ2) is 5.92. The van der Waals surface area contributed by atoms with E-state index in [1.165, 1.54) is 12.8 Å². The van der Waals surface area contributed by atoms with Gasteiger partial charge < -0.3 is 10.6 Å². The normalized spacial score (nSPS) is 34.2. The van der Waals surface area contributed by atoms with Crippen molar-refractivity contribution in [3.63, 3.8) is 0 Å². The topological polar surface area (TPSA) is 41.1 Å². The second-order valence-corrected chi connectivity index (χ2v) is 6.20. The van der Waals surface area contributed by atoms with Crippen LogP contribution in [0.15, 0.2) is 0 Å². The van der Waals surface area contributed by atoms with Gasteiger partial charge >= 0.3 is 0 Å².